The van der Waals surface area contributed by atoms with Gasteiger partial charge in [0, 0.05) is 37.8 Å². The number of hydrogen-bond donors (Lipinski definition) is 1. The van der Waals surface area contributed by atoms with E-state index in [1.54, 1.807) is 23.1 Å². The van der Waals surface area contributed by atoms with E-state index in [9.17, 15) is 24.3 Å². The number of rotatable bonds is 5. The van der Waals surface area contributed by atoms with Crippen molar-refractivity contribution in [1.29, 1.82) is 0 Å². The number of esters is 1. The minimum absolute atomic E-state index is 0.0742. The van der Waals surface area contributed by atoms with E-state index in [0.717, 1.165) is 18.9 Å². The van der Waals surface area contributed by atoms with Gasteiger partial charge in [-0.2, -0.15) is 0 Å². The highest BCUT2D eigenvalue weighted by molar-refractivity contribution is 6.02. The molecule has 0 aromatic heterocycles. The fourth-order valence-electron chi connectivity index (χ4n) is 3.24. The number of carboxylic acid groups (broad SMARTS) is 1. The summed E-state index contributed by atoms with van der Waals surface area (Å²) < 4.78 is 10.1. The number of aryl methyl sites for hydroxylation is 1. The van der Waals surface area contributed by atoms with Crippen molar-refractivity contribution in [3.63, 3.8) is 0 Å². The van der Waals surface area contributed by atoms with Crippen LogP contribution in [0.3, 0.4) is 0 Å². The number of carbonyl (C=O) groups excluding carboxylic acids is 3. The average molecular weight is 390 g/mol. The molecule has 0 radical (unpaired) electrons. The van der Waals surface area contributed by atoms with E-state index >= 15 is 0 Å². The van der Waals surface area contributed by atoms with Crippen molar-refractivity contribution in [3.05, 3.63) is 29.3 Å². The fraction of sp³-hybridized carbons (Fsp3) is 0.474. The molecule has 1 aromatic carbocycles. The Morgan fingerprint density at radius 2 is 1.93 bits per heavy atom. The molecule has 0 unspecified atom stereocenters. The van der Waals surface area contributed by atoms with Crippen LogP contribution >= 0.6 is 0 Å². The summed E-state index contributed by atoms with van der Waals surface area (Å²) >= 11 is 0. The van der Waals surface area contributed by atoms with Gasteiger partial charge in [-0.25, -0.2) is 4.79 Å². The van der Waals surface area contributed by atoms with Crippen LogP contribution in [0.15, 0.2) is 18.2 Å². The maximum absolute atomic E-state index is 12.9. The zero-order valence-electron chi connectivity index (χ0n) is 15.7. The van der Waals surface area contributed by atoms with Gasteiger partial charge >= 0.3 is 11.9 Å². The lowest BCUT2D eigenvalue weighted by Gasteiger charge is -2.35. The molecule has 2 atom stereocenters. The lowest BCUT2D eigenvalue weighted by molar-refractivity contribution is -0.177. The topological polar surface area (TPSA) is 113 Å². The summed E-state index contributed by atoms with van der Waals surface area (Å²) in [5.41, 5.74) is 1.75. The number of aliphatic carboxylic acids is 1. The molecule has 9 heteroatoms. The Hall–Kier alpha value is -2.94. The first-order valence-corrected chi connectivity index (χ1v) is 9.02. The normalized spacial score (nSPS) is 20.4. The smallest absolute Gasteiger partial charge is 0.348 e. The summed E-state index contributed by atoms with van der Waals surface area (Å²) in [5.74, 6) is -3.02. The Kier molecular flexibility index (Phi) is 5.64. The van der Waals surface area contributed by atoms with Crippen LogP contribution in [-0.2, 0) is 23.9 Å². The summed E-state index contributed by atoms with van der Waals surface area (Å²) in [5, 5.41) is 9.33. The molecular weight excluding hydrogens is 368 g/mol. The summed E-state index contributed by atoms with van der Waals surface area (Å²) in [6.07, 6.45) is -2.22. The predicted octanol–water partition coefficient (Wildman–Crippen LogP) is 0.589. The molecule has 0 bridgehead atoms. The van der Waals surface area contributed by atoms with E-state index in [-0.39, 0.29) is 19.1 Å². The number of benzene rings is 1. The summed E-state index contributed by atoms with van der Waals surface area (Å²) in [7, 11) is 0. The van der Waals surface area contributed by atoms with E-state index in [1.807, 2.05) is 6.92 Å². The van der Waals surface area contributed by atoms with Crippen molar-refractivity contribution >= 4 is 29.4 Å². The van der Waals surface area contributed by atoms with Gasteiger partial charge in [0.1, 0.15) is 0 Å². The third-order valence-corrected chi connectivity index (χ3v) is 4.70. The Morgan fingerprint density at radius 3 is 2.50 bits per heavy atom. The zero-order valence-corrected chi connectivity index (χ0v) is 15.7. The molecule has 1 N–H and O–H groups in total. The molecule has 2 saturated heterocycles. The van der Waals surface area contributed by atoms with Crippen LogP contribution in [-0.4, -0.2) is 72.2 Å². The number of nitrogens with zero attached hydrogens (tertiary/aromatic N) is 2. The quantitative estimate of drug-likeness (QED) is 0.732. The summed E-state index contributed by atoms with van der Waals surface area (Å²) in [6.45, 7) is 4.58. The Labute approximate surface area is 161 Å². The van der Waals surface area contributed by atoms with Crippen LogP contribution in [0.1, 0.15) is 29.3 Å². The van der Waals surface area contributed by atoms with Crippen LogP contribution in [0.4, 0.5) is 5.69 Å². The molecule has 28 heavy (non-hydrogen) atoms. The average Bonchev–Trinajstić information content (AvgIpc) is 2.57. The molecule has 2 aliphatic rings. The zero-order chi connectivity index (χ0) is 20.4. The first kappa shape index (κ1) is 19.8. The molecule has 0 spiro atoms. The van der Waals surface area contributed by atoms with Crippen LogP contribution in [0, 0.1) is 6.92 Å². The van der Waals surface area contributed by atoms with E-state index in [0.29, 0.717) is 24.3 Å². The Morgan fingerprint density at radius 1 is 1.21 bits per heavy atom. The highest BCUT2D eigenvalue weighted by Gasteiger charge is 2.42. The lowest BCUT2D eigenvalue weighted by Crippen LogP contribution is -2.55. The maximum Gasteiger partial charge on any atom is 0.348 e. The molecule has 1 aromatic rings. The van der Waals surface area contributed by atoms with Crippen molar-refractivity contribution in [1.82, 2.24) is 4.90 Å². The Balaban J connectivity index is 1.87. The highest BCUT2D eigenvalue weighted by Crippen LogP contribution is 2.25. The number of likely N-dealkylation sites (tertiary alicyclic amines) is 1. The molecular formula is C19H22N2O7. The molecule has 2 aliphatic heterocycles. The largest absolute Gasteiger partial charge is 0.478 e. The second-order valence-electron chi connectivity index (χ2n) is 6.85. The van der Waals surface area contributed by atoms with E-state index in [1.165, 1.54) is 4.90 Å². The number of carbonyl (C=O) groups is 4. The second-order valence-corrected chi connectivity index (χ2v) is 6.85. The van der Waals surface area contributed by atoms with Gasteiger partial charge in [-0.3, -0.25) is 14.4 Å². The molecule has 2 heterocycles. The molecule has 0 aliphatic carbocycles. The third kappa shape index (κ3) is 3.99. The molecule has 150 valence electrons. The predicted molar refractivity (Wildman–Crippen MR) is 97.0 cm³/mol. The monoisotopic (exact) mass is 390 g/mol. The van der Waals surface area contributed by atoms with Gasteiger partial charge in [0.15, 0.2) is 6.10 Å². The number of carboxylic acids is 1. The SMILES string of the molecule is CC(=O)O[C@@H](C(=O)O)[C@H]1OCCN(c2cc(C)cc(C(=O)N3CCC3)c2)C1=O. The van der Waals surface area contributed by atoms with Crippen molar-refractivity contribution in [2.45, 2.75) is 32.5 Å². The number of amides is 2. The van der Waals surface area contributed by atoms with Gasteiger partial charge in [-0.05, 0) is 37.1 Å². The van der Waals surface area contributed by atoms with Crippen LogP contribution in [0.5, 0.6) is 0 Å². The van der Waals surface area contributed by atoms with Crippen molar-refractivity contribution < 1.29 is 33.8 Å². The minimum atomic E-state index is -1.74. The molecule has 9 nitrogen and oxygen atoms in total. The third-order valence-electron chi connectivity index (χ3n) is 4.70. The van der Waals surface area contributed by atoms with Gasteiger partial charge < -0.3 is 24.4 Å². The highest BCUT2D eigenvalue weighted by atomic mass is 16.6. The fourth-order valence-corrected chi connectivity index (χ4v) is 3.24. The minimum Gasteiger partial charge on any atom is -0.478 e. The first-order valence-electron chi connectivity index (χ1n) is 9.02. The van der Waals surface area contributed by atoms with Crippen LogP contribution in [0.25, 0.3) is 0 Å². The van der Waals surface area contributed by atoms with E-state index in [4.69, 9.17) is 9.47 Å². The second kappa shape index (κ2) is 7.97. The van der Waals surface area contributed by atoms with Gasteiger partial charge in [0.25, 0.3) is 11.8 Å². The molecule has 0 saturated carbocycles. The van der Waals surface area contributed by atoms with Gasteiger partial charge in [0.2, 0.25) is 6.10 Å². The number of hydrogen-bond acceptors (Lipinski definition) is 6. The molecule has 2 fully saturated rings. The number of ether oxygens (including phenoxy) is 2. The lowest BCUT2D eigenvalue weighted by atomic mass is 10.0. The van der Waals surface area contributed by atoms with Crippen molar-refractivity contribution in [2.75, 3.05) is 31.1 Å². The van der Waals surface area contributed by atoms with Crippen molar-refractivity contribution in [3.8, 4) is 0 Å². The summed E-state index contributed by atoms with van der Waals surface area (Å²) in [4.78, 5) is 51.2. The number of anilines is 1. The molecule has 2 amide bonds. The van der Waals surface area contributed by atoms with Gasteiger partial charge in [0.05, 0.1) is 6.61 Å². The molecule has 3 rings (SSSR count). The van der Waals surface area contributed by atoms with Crippen LogP contribution in [0.2, 0.25) is 0 Å². The number of morpholine rings is 1. The van der Waals surface area contributed by atoms with Crippen LogP contribution < -0.4 is 4.90 Å². The van der Waals surface area contributed by atoms with E-state index < -0.39 is 30.1 Å². The first-order chi connectivity index (χ1) is 13.3. The summed E-state index contributed by atoms with van der Waals surface area (Å²) in [6, 6.07) is 5.12. The van der Waals surface area contributed by atoms with Crippen molar-refractivity contribution in [2.24, 2.45) is 0 Å². The maximum atomic E-state index is 12.9. The van der Waals surface area contributed by atoms with Gasteiger partial charge in [-0.1, -0.05) is 0 Å². The van der Waals surface area contributed by atoms with E-state index in [2.05, 4.69) is 0 Å². The van der Waals surface area contributed by atoms with Gasteiger partial charge in [-0.15, -0.1) is 0 Å². The standard InChI is InChI=1S/C19H22N2O7/c1-11-8-13(17(23)20-4-3-5-20)10-14(9-11)21-6-7-27-15(18(21)24)16(19(25)26)28-12(2)22/h8-10,15-16H,3-7H2,1-2H3,(H,25,26)/t15-,16-/m1/s1. The Bertz CT molecular complexity index is 819.